The molecule has 1 aromatic heterocycles. The average molecular weight is 278 g/mol. The molecule has 1 heterocycles. The van der Waals surface area contributed by atoms with Crippen molar-refractivity contribution in [2.24, 2.45) is 0 Å². The van der Waals surface area contributed by atoms with E-state index in [1.165, 1.54) is 24.6 Å². The molecule has 0 amide bonds. The van der Waals surface area contributed by atoms with Gasteiger partial charge in [0.15, 0.2) is 0 Å². The van der Waals surface area contributed by atoms with Crippen LogP contribution in [0.15, 0.2) is 39.0 Å². The molecule has 19 heavy (non-hydrogen) atoms. The van der Waals surface area contributed by atoms with Crippen LogP contribution in [0.2, 0.25) is 0 Å². The van der Waals surface area contributed by atoms with Crippen LogP contribution >= 0.6 is 11.8 Å². The van der Waals surface area contributed by atoms with E-state index in [0.717, 1.165) is 17.8 Å². The van der Waals surface area contributed by atoms with Crippen molar-refractivity contribution in [1.82, 2.24) is 10.3 Å². The Bertz CT molecular complexity index is 581. The number of halogens is 1. The number of oxazole rings is 1. The van der Waals surface area contributed by atoms with Gasteiger partial charge in [-0.2, -0.15) is 0 Å². The maximum absolute atomic E-state index is 14.0. The van der Waals surface area contributed by atoms with Crippen molar-refractivity contribution in [3.8, 4) is 0 Å². The largest absolute Gasteiger partial charge is 0.439 e. The number of hydrogen-bond acceptors (Lipinski definition) is 4. The quantitative estimate of drug-likeness (QED) is 0.908. The van der Waals surface area contributed by atoms with Gasteiger partial charge >= 0.3 is 0 Å². The molecule has 0 radical (unpaired) electrons. The van der Waals surface area contributed by atoms with E-state index in [2.05, 4.69) is 10.3 Å². The van der Waals surface area contributed by atoms with E-state index in [4.69, 9.17) is 4.42 Å². The zero-order valence-corrected chi connectivity index (χ0v) is 11.5. The molecule has 0 spiro atoms. The molecule has 0 aliphatic heterocycles. The van der Waals surface area contributed by atoms with Crippen molar-refractivity contribution in [3.63, 3.8) is 0 Å². The summed E-state index contributed by atoms with van der Waals surface area (Å²) in [5.74, 6) is -0.226. The molecule has 0 saturated heterocycles. The first-order valence-corrected chi connectivity index (χ1v) is 7.14. The van der Waals surface area contributed by atoms with Crippen LogP contribution in [0.3, 0.4) is 0 Å². The Kier molecular flexibility index (Phi) is 3.57. The summed E-state index contributed by atoms with van der Waals surface area (Å²) in [6, 6.07) is 5.93. The van der Waals surface area contributed by atoms with E-state index in [1.807, 2.05) is 13.0 Å². The fourth-order valence-electron chi connectivity index (χ4n) is 1.76. The molecule has 100 valence electrons. The number of nitrogens with one attached hydrogen (secondary N) is 1. The third-order valence-corrected chi connectivity index (χ3v) is 3.88. The van der Waals surface area contributed by atoms with Crippen molar-refractivity contribution < 1.29 is 8.81 Å². The molecular weight excluding hydrogens is 263 g/mol. The maximum Gasteiger partial charge on any atom is 0.260 e. The molecule has 1 aliphatic rings. The molecule has 5 heteroatoms. The zero-order valence-electron chi connectivity index (χ0n) is 10.6. The third-order valence-electron chi connectivity index (χ3n) is 2.96. The number of aromatic nitrogens is 1. The lowest BCUT2D eigenvalue weighted by Gasteiger charge is -2.05. The first kappa shape index (κ1) is 12.7. The van der Waals surface area contributed by atoms with E-state index in [1.54, 1.807) is 18.4 Å². The Labute approximate surface area is 115 Å². The maximum atomic E-state index is 14.0. The van der Waals surface area contributed by atoms with E-state index in [9.17, 15) is 4.39 Å². The van der Waals surface area contributed by atoms with Gasteiger partial charge in [0.05, 0.1) is 10.6 Å². The lowest BCUT2D eigenvalue weighted by molar-refractivity contribution is 0.453. The molecule has 3 nitrogen and oxygen atoms in total. The van der Waals surface area contributed by atoms with Gasteiger partial charge < -0.3 is 9.73 Å². The fourth-order valence-corrected chi connectivity index (χ4v) is 2.53. The van der Waals surface area contributed by atoms with Crippen molar-refractivity contribution in [3.05, 3.63) is 41.5 Å². The lowest BCUT2D eigenvalue weighted by atomic mass is 10.2. The highest BCUT2D eigenvalue weighted by Gasteiger charge is 2.20. The number of hydrogen-bond donors (Lipinski definition) is 1. The summed E-state index contributed by atoms with van der Waals surface area (Å²) in [6.45, 7) is 2.57. The van der Waals surface area contributed by atoms with Crippen molar-refractivity contribution in [1.29, 1.82) is 0 Å². The van der Waals surface area contributed by atoms with Crippen LogP contribution in [0.25, 0.3) is 0 Å². The summed E-state index contributed by atoms with van der Waals surface area (Å²) < 4.78 is 19.2. The minimum absolute atomic E-state index is 0.226. The standard InChI is InChI=1S/C14H15FN2OS/c1-9-8-18-14(17-9)19-13-5-2-10(6-12(13)15)7-16-11-3-4-11/h2,5-6,8,11,16H,3-4,7H2,1H3. The van der Waals surface area contributed by atoms with Crippen LogP contribution in [0, 0.1) is 12.7 Å². The smallest absolute Gasteiger partial charge is 0.260 e. The summed E-state index contributed by atoms with van der Waals surface area (Å²) in [4.78, 5) is 4.69. The van der Waals surface area contributed by atoms with Gasteiger partial charge in [0, 0.05) is 12.6 Å². The van der Waals surface area contributed by atoms with Crippen LogP contribution in [-0.4, -0.2) is 11.0 Å². The molecule has 1 aromatic carbocycles. The highest BCUT2D eigenvalue weighted by atomic mass is 32.2. The Morgan fingerprint density at radius 3 is 2.95 bits per heavy atom. The molecule has 1 N–H and O–H groups in total. The first-order chi connectivity index (χ1) is 9.20. The first-order valence-electron chi connectivity index (χ1n) is 6.32. The van der Waals surface area contributed by atoms with Crippen LogP contribution in [0.4, 0.5) is 4.39 Å². The van der Waals surface area contributed by atoms with Crippen molar-refractivity contribution >= 4 is 11.8 Å². The minimum atomic E-state index is -0.226. The Morgan fingerprint density at radius 2 is 2.32 bits per heavy atom. The van der Waals surface area contributed by atoms with Gasteiger partial charge in [-0.1, -0.05) is 6.07 Å². The summed E-state index contributed by atoms with van der Waals surface area (Å²) in [5.41, 5.74) is 1.77. The molecule has 1 saturated carbocycles. The topological polar surface area (TPSA) is 38.1 Å². The summed E-state index contributed by atoms with van der Waals surface area (Å²) >= 11 is 1.21. The number of benzene rings is 1. The van der Waals surface area contributed by atoms with Crippen LogP contribution in [0.5, 0.6) is 0 Å². The van der Waals surface area contributed by atoms with Gasteiger partial charge in [0.1, 0.15) is 12.1 Å². The molecule has 3 rings (SSSR count). The molecule has 0 unspecified atom stereocenters. The van der Waals surface area contributed by atoms with E-state index < -0.39 is 0 Å². The second-order valence-corrected chi connectivity index (χ2v) is 5.77. The Morgan fingerprint density at radius 1 is 1.47 bits per heavy atom. The van der Waals surface area contributed by atoms with Crippen molar-refractivity contribution in [2.45, 2.75) is 42.5 Å². The van der Waals surface area contributed by atoms with Gasteiger partial charge in [-0.3, -0.25) is 0 Å². The Hall–Kier alpha value is -1.33. The van der Waals surface area contributed by atoms with Gasteiger partial charge in [-0.15, -0.1) is 0 Å². The highest BCUT2D eigenvalue weighted by Crippen LogP contribution is 2.29. The normalized spacial score (nSPS) is 14.8. The molecule has 0 bridgehead atoms. The van der Waals surface area contributed by atoms with E-state index in [0.29, 0.717) is 16.2 Å². The molecule has 1 aliphatic carbocycles. The van der Waals surface area contributed by atoms with Crippen LogP contribution in [0.1, 0.15) is 24.1 Å². The third kappa shape index (κ3) is 3.36. The van der Waals surface area contributed by atoms with Gasteiger partial charge in [0.25, 0.3) is 5.22 Å². The fraction of sp³-hybridized carbons (Fsp3) is 0.357. The average Bonchev–Trinajstić information content (AvgIpc) is 3.13. The summed E-state index contributed by atoms with van der Waals surface area (Å²) in [5, 5.41) is 3.84. The zero-order chi connectivity index (χ0) is 13.2. The number of nitrogens with zero attached hydrogens (tertiary/aromatic N) is 1. The minimum Gasteiger partial charge on any atom is -0.439 e. The predicted octanol–water partition coefficient (Wildman–Crippen LogP) is 3.53. The van der Waals surface area contributed by atoms with Crippen LogP contribution < -0.4 is 5.32 Å². The van der Waals surface area contributed by atoms with Gasteiger partial charge in [0.2, 0.25) is 0 Å². The van der Waals surface area contributed by atoms with Gasteiger partial charge in [-0.05, 0) is 49.2 Å². The Balaban J connectivity index is 1.67. The summed E-state index contributed by atoms with van der Waals surface area (Å²) in [6.07, 6.45) is 4.04. The molecule has 1 fully saturated rings. The highest BCUT2D eigenvalue weighted by molar-refractivity contribution is 7.99. The SMILES string of the molecule is Cc1coc(Sc2ccc(CNC3CC3)cc2F)n1. The molecule has 2 aromatic rings. The molecular formula is C14H15FN2OS. The lowest BCUT2D eigenvalue weighted by Crippen LogP contribution is -2.15. The van der Waals surface area contributed by atoms with Crippen molar-refractivity contribution in [2.75, 3.05) is 0 Å². The number of rotatable bonds is 5. The summed E-state index contributed by atoms with van der Waals surface area (Å²) in [7, 11) is 0. The van der Waals surface area contributed by atoms with Crippen LogP contribution in [-0.2, 0) is 6.54 Å². The number of aryl methyl sites for hydroxylation is 1. The monoisotopic (exact) mass is 278 g/mol. The van der Waals surface area contributed by atoms with Gasteiger partial charge in [-0.25, -0.2) is 9.37 Å². The second-order valence-electron chi connectivity index (χ2n) is 4.78. The molecule has 0 atom stereocenters. The van der Waals surface area contributed by atoms with E-state index in [-0.39, 0.29) is 5.82 Å². The van der Waals surface area contributed by atoms with E-state index >= 15 is 0 Å². The second kappa shape index (κ2) is 5.35. The predicted molar refractivity (Wildman–Crippen MR) is 71.6 cm³/mol.